The number of nitrogens with one attached hydrogen (secondary N) is 1. The second-order valence-electron chi connectivity index (χ2n) is 6.08. The summed E-state index contributed by atoms with van der Waals surface area (Å²) in [7, 11) is 3.14. The standard InChI is InChI=1S/C16H22N6O2/c1-10-8-11(2)14-12(9-10)13(17-15-18-20-21(3)19-15)6-5-7-22(14)16(23)24-4/h8-9,13H,5-7H2,1-4H3,(H,17,19). The van der Waals surface area contributed by atoms with Gasteiger partial charge >= 0.3 is 6.09 Å². The highest BCUT2D eigenvalue weighted by molar-refractivity contribution is 5.90. The van der Waals surface area contributed by atoms with Gasteiger partial charge in [-0.15, -0.1) is 5.10 Å². The van der Waals surface area contributed by atoms with Gasteiger partial charge in [-0.1, -0.05) is 22.8 Å². The van der Waals surface area contributed by atoms with Gasteiger partial charge in [0.2, 0.25) is 0 Å². The number of carbonyl (C=O) groups is 1. The molecule has 1 atom stereocenters. The van der Waals surface area contributed by atoms with Crippen LogP contribution in [0.2, 0.25) is 0 Å². The molecule has 128 valence electrons. The van der Waals surface area contributed by atoms with Crippen molar-refractivity contribution in [1.29, 1.82) is 0 Å². The molecule has 0 saturated heterocycles. The number of carbonyl (C=O) groups excluding carboxylic acids is 1. The molecular weight excluding hydrogens is 308 g/mol. The van der Waals surface area contributed by atoms with Crippen molar-refractivity contribution >= 4 is 17.7 Å². The van der Waals surface area contributed by atoms with Crippen LogP contribution in [0.1, 0.15) is 35.6 Å². The van der Waals surface area contributed by atoms with E-state index in [4.69, 9.17) is 4.74 Å². The Morgan fingerprint density at radius 3 is 2.83 bits per heavy atom. The molecule has 1 aliphatic rings. The topological polar surface area (TPSA) is 85.2 Å². The highest BCUT2D eigenvalue weighted by Gasteiger charge is 2.29. The zero-order valence-corrected chi connectivity index (χ0v) is 14.4. The molecule has 0 aliphatic carbocycles. The smallest absolute Gasteiger partial charge is 0.414 e. The molecule has 1 N–H and O–H groups in total. The van der Waals surface area contributed by atoms with Gasteiger partial charge in [0.05, 0.1) is 25.9 Å². The molecule has 0 fully saturated rings. The average molecular weight is 330 g/mol. The Labute approximate surface area is 140 Å². The Bertz CT molecular complexity index is 757. The van der Waals surface area contributed by atoms with Gasteiger partial charge in [0.1, 0.15) is 0 Å². The van der Waals surface area contributed by atoms with Gasteiger partial charge in [-0.3, -0.25) is 4.90 Å². The van der Waals surface area contributed by atoms with Gasteiger partial charge in [0, 0.05) is 6.54 Å². The van der Waals surface area contributed by atoms with Crippen LogP contribution in [0.3, 0.4) is 0 Å². The molecule has 3 rings (SSSR count). The van der Waals surface area contributed by atoms with Crippen molar-refractivity contribution in [2.45, 2.75) is 32.7 Å². The Balaban J connectivity index is 2.04. The lowest BCUT2D eigenvalue weighted by molar-refractivity contribution is 0.178. The molecule has 2 heterocycles. The predicted molar refractivity (Wildman–Crippen MR) is 90.1 cm³/mol. The minimum Gasteiger partial charge on any atom is -0.452 e. The van der Waals surface area contributed by atoms with Crippen molar-refractivity contribution in [3.8, 4) is 0 Å². The quantitative estimate of drug-likeness (QED) is 0.910. The van der Waals surface area contributed by atoms with E-state index in [0.29, 0.717) is 12.5 Å². The summed E-state index contributed by atoms with van der Waals surface area (Å²) in [6, 6.07) is 4.20. The average Bonchev–Trinajstić information content (AvgIpc) is 2.86. The first-order chi connectivity index (χ1) is 11.5. The Morgan fingerprint density at radius 2 is 2.17 bits per heavy atom. The summed E-state index contributed by atoms with van der Waals surface area (Å²) >= 11 is 0. The second-order valence-corrected chi connectivity index (χ2v) is 6.08. The van der Waals surface area contributed by atoms with E-state index in [2.05, 4.69) is 39.8 Å². The van der Waals surface area contributed by atoms with Crippen molar-refractivity contribution in [3.63, 3.8) is 0 Å². The van der Waals surface area contributed by atoms with Crippen molar-refractivity contribution in [3.05, 3.63) is 28.8 Å². The molecule has 24 heavy (non-hydrogen) atoms. The van der Waals surface area contributed by atoms with Crippen molar-refractivity contribution < 1.29 is 9.53 Å². The van der Waals surface area contributed by atoms with E-state index >= 15 is 0 Å². The van der Waals surface area contributed by atoms with Gasteiger partial charge in [0.15, 0.2) is 0 Å². The Hall–Kier alpha value is -2.64. The van der Waals surface area contributed by atoms with Crippen LogP contribution in [0, 0.1) is 13.8 Å². The van der Waals surface area contributed by atoms with Crippen molar-refractivity contribution in [1.82, 2.24) is 20.2 Å². The summed E-state index contributed by atoms with van der Waals surface area (Å²) in [5.74, 6) is 0.485. The minimum atomic E-state index is -0.332. The maximum atomic E-state index is 12.2. The molecule has 2 aromatic rings. The number of tetrazole rings is 1. The third kappa shape index (κ3) is 3.04. The Kier molecular flexibility index (Phi) is 4.37. The molecule has 8 heteroatoms. The molecule has 0 radical (unpaired) electrons. The molecule has 1 aliphatic heterocycles. The lowest BCUT2D eigenvalue weighted by Gasteiger charge is -2.25. The van der Waals surface area contributed by atoms with Crippen LogP contribution in [0.15, 0.2) is 12.1 Å². The number of anilines is 2. The summed E-state index contributed by atoms with van der Waals surface area (Å²) in [5.41, 5.74) is 4.17. The highest BCUT2D eigenvalue weighted by atomic mass is 16.5. The summed E-state index contributed by atoms with van der Waals surface area (Å²) < 4.78 is 4.97. The van der Waals surface area contributed by atoms with Crippen LogP contribution in [-0.4, -0.2) is 40.0 Å². The van der Waals surface area contributed by atoms with Crippen LogP contribution >= 0.6 is 0 Å². The summed E-state index contributed by atoms with van der Waals surface area (Å²) in [4.78, 5) is 15.4. The number of aromatic nitrogens is 4. The van der Waals surface area contributed by atoms with Crippen molar-refractivity contribution in [2.24, 2.45) is 7.05 Å². The molecule has 1 unspecified atom stereocenters. The zero-order valence-electron chi connectivity index (χ0n) is 14.4. The van der Waals surface area contributed by atoms with E-state index in [-0.39, 0.29) is 12.1 Å². The number of hydrogen-bond acceptors (Lipinski definition) is 6. The van der Waals surface area contributed by atoms with E-state index in [1.807, 2.05) is 6.92 Å². The SMILES string of the molecule is COC(=O)N1CCCC(Nc2nnn(C)n2)c2cc(C)cc(C)c21. The van der Waals surface area contributed by atoms with Gasteiger partial charge < -0.3 is 10.1 Å². The first-order valence-corrected chi connectivity index (χ1v) is 7.96. The number of nitrogens with zero attached hydrogens (tertiary/aromatic N) is 5. The fraction of sp³-hybridized carbons (Fsp3) is 0.500. The normalized spacial score (nSPS) is 17.2. The summed E-state index contributed by atoms with van der Waals surface area (Å²) in [6.45, 7) is 4.69. The zero-order chi connectivity index (χ0) is 17.3. The predicted octanol–water partition coefficient (Wildman–Crippen LogP) is 2.35. The largest absolute Gasteiger partial charge is 0.452 e. The fourth-order valence-corrected chi connectivity index (χ4v) is 3.29. The van der Waals surface area contributed by atoms with Gasteiger partial charge in [-0.2, -0.15) is 4.80 Å². The van der Waals surface area contributed by atoms with Crippen LogP contribution in [0.4, 0.5) is 16.4 Å². The molecule has 1 aromatic heterocycles. The molecular formula is C16H22N6O2. The molecule has 0 spiro atoms. The molecule has 0 saturated carbocycles. The number of hydrogen-bond donors (Lipinski definition) is 1. The summed E-state index contributed by atoms with van der Waals surface area (Å²) in [5, 5.41) is 15.4. The summed E-state index contributed by atoms with van der Waals surface area (Å²) in [6.07, 6.45) is 1.38. The number of aryl methyl sites for hydroxylation is 3. The molecule has 8 nitrogen and oxygen atoms in total. The number of methoxy groups -OCH3 is 1. The van der Waals surface area contributed by atoms with E-state index < -0.39 is 0 Å². The number of ether oxygens (including phenoxy) is 1. The van der Waals surface area contributed by atoms with Crippen molar-refractivity contribution in [2.75, 3.05) is 23.9 Å². The lowest BCUT2D eigenvalue weighted by Crippen LogP contribution is -2.32. The number of rotatable bonds is 2. The van der Waals surface area contributed by atoms with Gasteiger partial charge in [-0.05, 0) is 43.0 Å². The first kappa shape index (κ1) is 16.2. The maximum Gasteiger partial charge on any atom is 0.414 e. The molecule has 0 bridgehead atoms. The second kappa shape index (κ2) is 6.46. The third-order valence-corrected chi connectivity index (χ3v) is 4.20. The van der Waals surface area contributed by atoms with Crippen LogP contribution in [-0.2, 0) is 11.8 Å². The fourth-order valence-electron chi connectivity index (χ4n) is 3.29. The van der Waals surface area contributed by atoms with Crippen LogP contribution in [0.5, 0.6) is 0 Å². The van der Waals surface area contributed by atoms with Crippen LogP contribution < -0.4 is 10.2 Å². The van der Waals surface area contributed by atoms with Crippen LogP contribution in [0.25, 0.3) is 0 Å². The monoisotopic (exact) mass is 330 g/mol. The number of amides is 1. The maximum absolute atomic E-state index is 12.2. The van der Waals surface area contributed by atoms with E-state index in [1.165, 1.54) is 11.9 Å². The third-order valence-electron chi connectivity index (χ3n) is 4.20. The highest BCUT2D eigenvalue weighted by Crippen LogP contribution is 2.38. The lowest BCUT2D eigenvalue weighted by atomic mass is 9.96. The van der Waals surface area contributed by atoms with E-state index in [1.54, 1.807) is 11.9 Å². The molecule has 1 aromatic carbocycles. The Morgan fingerprint density at radius 1 is 1.38 bits per heavy atom. The first-order valence-electron chi connectivity index (χ1n) is 7.96. The minimum absolute atomic E-state index is 0.0115. The van der Waals surface area contributed by atoms with E-state index in [9.17, 15) is 4.79 Å². The van der Waals surface area contributed by atoms with Gasteiger partial charge in [0.25, 0.3) is 5.95 Å². The van der Waals surface area contributed by atoms with E-state index in [0.717, 1.165) is 35.2 Å². The number of benzene rings is 1. The molecule has 1 amide bonds. The number of fused-ring (bicyclic) bond motifs is 1. The van der Waals surface area contributed by atoms with Gasteiger partial charge in [-0.25, -0.2) is 4.79 Å².